The minimum absolute atomic E-state index is 0.0923. The van der Waals surface area contributed by atoms with Crippen molar-refractivity contribution in [3.63, 3.8) is 0 Å². The van der Waals surface area contributed by atoms with Crippen molar-refractivity contribution >= 4 is 17.9 Å². The molecule has 0 bridgehead atoms. The van der Waals surface area contributed by atoms with Crippen molar-refractivity contribution in [2.24, 2.45) is 0 Å². The lowest BCUT2D eigenvalue weighted by atomic mass is 10.0. The van der Waals surface area contributed by atoms with E-state index in [9.17, 15) is 14.4 Å². The van der Waals surface area contributed by atoms with Gasteiger partial charge in [-0.3, -0.25) is 14.5 Å². The zero-order valence-electron chi connectivity index (χ0n) is 28.8. The van der Waals surface area contributed by atoms with Gasteiger partial charge in [0.05, 0.1) is 35.9 Å². The Morgan fingerprint density at radius 2 is 1.25 bits per heavy atom. The number of nitrogens with one attached hydrogen (secondary N) is 3. The molecule has 3 amide bonds. The molecular formula is C39H42N8O4. The van der Waals surface area contributed by atoms with Gasteiger partial charge in [0.2, 0.25) is 11.8 Å². The molecule has 0 saturated carbocycles. The number of carboxylic acid groups (broad SMARTS) is 1. The third-order valence-corrected chi connectivity index (χ3v) is 9.91. The number of carbonyl (C=O) groups is 3. The molecule has 7 rings (SSSR count). The number of aromatic amines is 2. The van der Waals surface area contributed by atoms with Crippen LogP contribution in [0.4, 0.5) is 4.79 Å². The molecule has 262 valence electrons. The monoisotopic (exact) mass is 686 g/mol. The van der Waals surface area contributed by atoms with Crippen LogP contribution in [0.15, 0.2) is 91.3 Å². The van der Waals surface area contributed by atoms with Crippen molar-refractivity contribution in [1.29, 1.82) is 0 Å². The molecule has 0 radical (unpaired) electrons. The smallest absolute Gasteiger partial charge is 0.405 e. The molecule has 2 fully saturated rings. The van der Waals surface area contributed by atoms with E-state index in [2.05, 4.69) is 56.7 Å². The predicted octanol–water partition coefficient (Wildman–Crippen LogP) is 6.03. The summed E-state index contributed by atoms with van der Waals surface area (Å²) in [4.78, 5) is 59.1. The van der Waals surface area contributed by atoms with Gasteiger partial charge in [-0.25, -0.2) is 14.8 Å². The molecule has 12 heteroatoms. The number of likely N-dealkylation sites (tertiary alicyclic amines) is 2. The fourth-order valence-electron chi connectivity index (χ4n) is 7.36. The van der Waals surface area contributed by atoms with E-state index >= 15 is 0 Å². The van der Waals surface area contributed by atoms with Crippen LogP contribution in [-0.4, -0.2) is 91.4 Å². The molecule has 0 aliphatic carbocycles. The van der Waals surface area contributed by atoms with Crippen LogP contribution in [0, 0.1) is 0 Å². The van der Waals surface area contributed by atoms with Gasteiger partial charge in [0.25, 0.3) is 0 Å². The largest absolute Gasteiger partial charge is 0.465 e. The summed E-state index contributed by atoms with van der Waals surface area (Å²) < 4.78 is 0. The first-order chi connectivity index (χ1) is 24.8. The van der Waals surface area contributed by atoms with Crippen LogP contribution < -0.4 is 5.32 Å². The molecule has 3 aromatic carbocycles. The molecule has 5 aromatic rings. The highest BCUT2D eigenvalue weighted by Gasteiger charge is 2.37. The van der Waals surface area contributed by atoms with Crippen LogP contribution in [0.1, 0.15) is 61.0 Å². The maximum Gasteiger partial charge on any atom is 0.405 e. The summed E-state index contributed by atoms with van der Waals surface area (Å²) >= 11 is 0. The lowest BCUT2D eigenvalue weighted by molar-refractivity contribution is -0.137. The SMILES string of the molecule is CN(C)[C@@H](C(=O)N1CCC[C@H]1c1ncc(-c2ccc(-c3ccc(-c4cnc([C@@H]5CCCN5C(=O)CNC(=O)O)[nH]4)cc3)cc2)[nH]1)c1ccccc1. The molecule has 3 atom stereocenters. The van der Waals surface area contributed by atoms with E-state index in [0.717, 1.165) is 70.7 Å². The second-order valence-electron chi connectivity index (χ2n) is 13.4. The van der Waals surface area contributed by atoms with Gasteiger partial charge in [-0.05, 0) is 67.6 Å². The maximum atomic E-state index is 13.9. The Morgan fingerprint density at radius 1 is 0.765 bits per heavy atom. The van der Waals surface area contributed by atoms with Crippen molar-refractivity contribution in [1.82, 2.24) is 40.0 Å². The van der Waals surface area contributed by atoms with Crippen molar-refractivity contribution in [2.75, 3.05) is 33.7 Å². The first-order valence-electron chi connectivity index (χ1n) is 17.4. The van der Waals surface area contributed by atoms with Crippen molar-refractivity contribution < 1.29 is 19.5 Å². The normalized spacial score (nSPS) is 17.9. The topological polar surface area (TPSA) is 151 Å². The molecule has 2 aliphatic heterocycles. The molecule has 4 N–H and O–H groups in total. The van der Waals surface area contributed by atoms with Crippen molar-refractivity contribution in [3.05, 3.63) is 108 Å². The number of aromatic nitrogens is 4. The second-order valence-corrected chi connectivity index (χ2v) is 13.4. The third kappa shape index (κ3) is 7.13. The van der Waals surface area contributed by atoms with Crippen LogP contribution in [0.2, 0.25) is 0 Å². The summed E-state index contributed by atoms with van der Waals surface area (Å²) in [6.07, 6.45) is 5.82. The molecule has 4 heterocycles. The zero-order valence-corrected chi connectivity index (χ0v) is 28.8. The Bertz CT molecular complexity index is 1990. The van der Waals surface area contributed by atoms with Gasteiger partial charge >= 0.3 is 6.09 Å². The number of imidazole rings is 2. The molecule has 51 heavy (non-hydrogen) atoms. The summed E-state index contributed by atoms with van der Waals surface area (Å²) in [7, 11) is 3.89. The Kier molecular flexibility index (Phi) is 9.67. The number of likely N-dealkylation sites (N-methyl/N-ethyl adjacent to an activating group) is 1. The number of nitrogens with zero attached hydrogens (tertiary/aromatic N) is 5. The first-order valence-corrected chi connectivity index (χ1v) is 17.4. The van der Waals surface area contributed by atoms with Gasteiger partial charge in [0, 0.05) is 13.1 Å². The Morgan fingerprint density at radius 3 is 1.76 bits per heavy atom. The van der Waals surface area contributed by atoms with Crippen LogP contribution in [0.5, 0.6) is 0 Å². The second kappa shape index (κ2) is 14.6. The molecule has 2 aromatic heterocycles. The fraction of sp³-hybridized carbons (Fsp3) is 0.308. The van der Waals surface area contributed by atoms with E-state index < -0.39 is 6.09 Å². The number of rotatable bonds is 10. The summed E-state index contributed by atoms with van der Waals surface area (Å²) in [5.41, 5.74) is 6.89. The maximum absolute atomic E-state index is 13.9. The molecule has 12 nitrogen and oxygen atoms in total. The average molecular weight is 687 g/mol. The fourth-order valence-corrected chi connectivity index (χ4v) is 7.36. The number of hydrogen-bond acceptors (Lipinski definition) is 6. The quantitative estimate of drug-likeness (QED) is 0.140. The van der Waals surface area contributed by atoms with E-state index in [1.54, 1.807) is 11.1 Å². The number of benzene rings is 3. The lowest BCUT2D eigenvalue weighted by Crippen LogP contribution is -2.40. The summed E-state index contributed by atoms with van der Waals surface area (Å²) in [5, 5.41) is 11.0. The van der Waals surface area contributed by atoms with Crippen LogP contribution in [-0.2, 0) is 9.59 Å². The van der Waals surface area contributed by atoms with Gasteiger partial charge in [0.15, 0.2) is 0 Å². The number of H-pyrrole nitrogens is 2. The number of carbonyl (C=O) groups excluding carboxylic acids is 2. The predicted molar refractivity (Wildman–Crippen MR) is 193 cm³/mol. The van der Waals surface area contributed by atoms with E-state index in [1.807, 2.05) is 72.6 Å². The first kappa shape index (κ1) is 33.7. The Labute approximate surface area is 296 Å². The lowest BCUT2D eigenvalue weighted by Gasteiger charge is -2.31. The van der Waals surface area contributed by atoms with Gasteiger partial charge in [-0.15, -0.1) is 0 Å². The Balaban J connectivity index is 1.01. The minimum Gasteiger partial charge on any atom is -0.465 e. The highest BCUT2D eigenvalue weighted by atomic mass is 16.4. The Hall–Kier alpha value is -5.75. The van der Waals surface area contributed by atoms with Crippen molar-refractivity contribution in [2.45, 2.75) is 43.8 Å². The van der Waals surface area contributed by atoms with Crippen molar-refractivity contribution in [3.8, 4) is 33.6 Å². The van der Waals surface area contributed by atoms with Crippen LogP contribution in [0.3, 0.4) is 0 Å². The number of hydrogen-bond donors (Lipinski definition) is 4. The minimum atomic E-state index is -1.22. The molecule has 2 aliphatic rings. The summed E-state index contributed by atoms with van der Waals surface area (Å²) in [6, 6.07) is 25.9. The average Bonchev–Trinajstić information content (AvgIpc) is 3.98. The van der Waals surface area contributed by atoms with Gasteiger partial charge in [-0.2, -0.15) is 0 Å². The molecular weight excluding hydrogens is 644 g/mol. The highest BCUT2D eigenvalue weighted by molar-refractivity contribution is 5.84. The number of amides is 3. The zero-order chi connectivity index (χ0) is 35.5. The summed E-state index contributed by atoms with van der Waals surface area (Å²) in [5.74, 6) is 1.34. The molecule has 0 spiro atoms. The van der Waals surface area contributed by atoms with E-state index in [0.29, 0.717) is 18.9 Å². The van der Waals surface area contributed by atoms with Crippen LogP contribution in [0.25, 0.3) is 33.6 Å². The van der Waals surface area contributed by atoms with Gasteiger partial charge in [0.1, 0.15) is 24.2 Å². The highest BCUT2D eigenvalue weighted by Crippen LogP contribution is 2.36. The molecule has 0 unspecified atom stereocenters. The van der Waals surface area contributed by atoms with E-state index in [1.165, 1.54) is 0 Å². The van der Waals surface area contributed by atoms with Gasteiger partial charge < -0.3 is 30.2 Å². The molecule has 2 saturated heterocycles. The standard InChI is InChI=1S/C39H42N8O4/c1-45(2)35(29-8-4-3-5-9-29)38(49)47-21-7-11-33(47)37-41-23-31(44-37)28-18-14-26(15-19-28)25-12-16-27(17-13-25)30-22-40-36(43-30)32-10-6-20-46(32)34(48)24-42-39(50)51/h3-5,8-9,12-19,22-23,32-33,35,42H,6-7,10-11,20-21,24H2,1-2H3,(H,40,43)(H,41,44)(H,50,51)/t32-,33-,35+/m0/s1. The van der Waals surface area contributed by atoms with Crippen LogP contribution >= 0.6 is 0 Å². The van der Waals surface area contributed by atoms with E-state index in [4.69, 9.17) is 10.1 Å². The van der Waals surface area contributed by atoms with Gasteiger partial charge in [-0.1, -0.05) is 78.9 Å². The summed E-state index contributed by atoms with van der Waals surface area (Å²) in [6.45, 7) is 1.03. The third-order valence-electron chi connectivity index (χ3n) is 9.91. The van der Waals surface area contributed by atoms with E-state index in [-0.39, 0.29) is 36.5 Å².